The zero-order valence-electron chi connectivity index (χ0n) is 10.2. The first-order chi connectivity index (χ1) is 9.63. The topological polar surface area (TPSA) is 33.1 Å². The van der Waals surface area contributed by atoms with Gasteiger partial charge < -0.3 is 5.11 Å². The number of aromatic hydroxyl groups is 1. The third-order valence-electron chi connectivity index (χ3n) is 2.77. The Morgan fingerprint density at radius 2 is 1.75 bits per heavy atom. The molecular weight excluding hydrogens is 402 g/mol. The summed E-state index contributed by atoms with van der Waals surface area (Å²) in [7, 11) is 0. The summed E-state index contributed by atoms with van der Waals surface area (Å²) in [5.41, 5.74) is 2.01. The van der Waals surface area contributed by atoms with E-state index in [0.717, 1.165) is 16.1 Å². The monoisotopic (exact) mass is 409 g/mol. The van der Waals surface area contributed by atoms with Crippen LogP contribution >= 0.6 is 43.2 Å². The zero-order chi connectivity index (χ0) is 14.1. The van der Waals surface area contributed by atoms with Gasteiger partial charge in [0.15, 0.2) is 0 Å². The summed E-state index contributed by atoms with van der Waals surface area (Å²) in [6, 6.07) is 11.8. The van der Waals surface area contributed by atoms with E-state index in [0.29, 0.717) is 8.95 Å². The second kappa shape index (κ2) is 5.68. The average Bonchev–Trinajstić information content (AvgIpc) is 2.85. The molecule has 1 aromatic heterocycles. The van der Waals surface area contributed by atoms with Crippen molar-refractivity contribution in [3.05, 3.63) is 55.9 Å². The molecule has 0 saturated carbocycles. The molecule has 0 bridgehead atoms. The number of phenolic OH excluding ortho intramolecular Hbond substituents is 1. The number of thiazole rings is 1. The van der Waals surface area contributed by atoms with Crippen molar-refractivity contribution in [2.45, 2.75) is 0 Å². The predicted octanol–water partition coefficient (Wildman–Crippen LogP) is 5.70. The van der Waals surface area contributed by atoms with Crippen LogP contribution in [-0.4, -0.2) is 10.1 Å². The molecule has 0 aliphatic rings. The van der Waals surface area contributed by atoms with Crippen molar-refractivity contribution in [2.24, 2.45) is 0 Å². The van der Waals surface area contributed by atoms with E-state index < -0.39 is 0 Å². The minimum atomic E-state index is 0.210. The Morgan fingerprint density at radius 1 is 1.05 bits per heavy atom. The van der Waals surface area contributed by atoms with Crippen LogP contribution in [0.3, 0.4) is 0 Å². The minimum absolute atomic E-state index is 0.210. The molecule has 0 atom stereocenters. The highest BCUT2D eigenvalue weighted by atomic mass is 79.9. The highest BCUT2D eigenvalue weighted by molar-refractivity contribution is 9.11. The summed E-state index contributed by atoms with van der Waals surface area (Å²) in [6.45, 7) is 0. The van der Waals surface area contributed by atoms with Crippen LogP contribution in [0.4, 0.5) is 0 Å². The Kier molecular flexibility index (Phi) is 3.92. The molecule has 2 nitrogen and oxygen atoms in total. The molecule has 100 valence electrons. The maximum atomic E-state index is 9.68. The molecule has 1 N–H and O–H groups in total. The van der Waals surface area contributed by atoms with Crippen molar-refractivity contribution in [1.82, 2.24) is 4.98 Å². The number of hydrogen-bond donors (Lipinski definition) is 1. The number of rotatable bonds is 2. The quantitative estimate of drug-likeness (QED) is 0.587. The van der Waals surface area contributed by atoms with Crippen molar-refractivity contribution < 1.29 is 5.11 Å². The molecule has 0 aliphatic carbocycles. The summed E-state index contributed by atoms with van der Waals surface area (Å²) in [5, 5.41) is 10.6. The van der Waals surface area contributed by atoms with Crippen LogP contribution in [0.25, 0.3) is 22.4 Å². The molecule has 5 heteroatoms. The minimum Gasteiger partial charge on any atom is -0.506 e. The number of nitrogens with zero attached hydrogens (tertiary/aromatic N) is 1. The van der Waals surface area contributed by atoms with Gasteiger partial charge in [-0.2, -0.15) is 0 Å². The predicted molar refractivity (Wildman–Crippen MR) is 92.1 cm³/mol. The molecule has 0 spiro atoms. The maximum absolute atomic E-state index is 9.68. The third kappa shape index (κ3) is 2.80. The van der Waals surface area contributed by atoms with Crippen LogP contribution < -0.4 is 0 Å². The largest absolute Gasteiger partial charge is 0.506 e. The SMILES string of the molecule is Oc1c(Br)cc(/C=C/c2nc3ccccc3s2)cc1Br. The number of phenols is 1. The van der Waals surface area contributed by atoms with E-state index in [1.54, 1.807) is 11.3 Å². The highest BCUT2D eigenvalue weighted by Crippen LogP contribution is 2.34. The van der Waals surface area contributed by atoms with Crippen molar-refractivity contribution in [2.75, 3.05) is 0 Å². The molecule has 0 radical (unpaired) electrons. The number of para-hydroxylation sites is 1. The van der Waals surface area contributed by atoms with Crippen molar-refractivity contribution >= 4 is 65.6 Å². The molecule has 2 aromatic carbocycles. The van der Waals surface area contributed by atoms with Gasteiger partial charge in [0.1, 0.15) is 10.8 Å². The fourth-order valence-corrected chi connectivity index (χ4v) is 3.90. The van der Waals surface area contributed by atoms with Gasteiger partial charge in [-0.15, -0.1) is 11.3 Å². The Labute approximate surface area is 137 Å². The number of hydrogen-bond acceptors (Lipinski definition) is 3. The number of fused-ring (bicyclic) bond motifs is 1. The summed E-state index contributed by atoms with van der Waals surface area (Å²) in [4.78, 5) is 4.55. The first-order valence-electron chi connectivity index (χ1n) is 5.85. The van der Waals surface area contributed by atoms with Gasteiger partial charge in [0.2, 0.25) is 0 Å². The van der Waals surface area contributed by atoms with E-state index >= 15 is 0 Å². The van der Waals surface area contributed by atoms with Gasteiger partial charge in [-0.3, -0.25) is 0 Å². The highest BCUT2D eigenvalue weighted by Gasteiger charge is 2.04. The van der Waals surface area contributed by atoms with Gasteiger partial charge in [-0.25, -0.2) is 4.98 Å². The summed E-state index contributed by atoms with van der Waals surface area (Å²) < 4.78 is 2.51. The fourth-order valence-electron chi connectivity index (χ4n) is 1.81. The van der Waals surface area contributed by atoms with Gasteiger partial charge in [0.25, 0.3) is 0 Å². The third-order valence-corrected chi connectivity index (χ3v) is 4.98. The van der Waals surface area contributed by atoms with Crippen molar-refractivity contribution in [3.63, 3.8) is 0 Å². The molecule has 20 heavy (non-hydrogen) atoms. The van der Waals surface area contributed by atoms with Gasteiger partial charge in [0, 0.05) is 0 Å². The summed E-state index contributed by atoms with van der Waals surface area (Å²) >= 11 is 8.31. The maximum Gasteiger partial charge on any atom is 0.143 e. The lowest BCUT2D eigenvalue weighted by molar-refractivity contribution is 0.468. The van der Waals surface area contributed by atoms with Crippen LogP contribution in [0.2, 0.25) is 0 Å². The van der Waals surface area contributed by atoms with Gasteiger partial charge in [-0.1, -0.05) is 18.2 Å². The Hall–Kier alpha value is -1.17. The first-order valence-corrected chi connectivity index (χ1v) is 8.25. The number of aromatic nitrogens is 1. The standard InChI is InChI=1S/C15H9Br2NOS/c16-10-7-9(8-11(17)15(10)19)5-6-14-18-12-3-1-2-4-13(12)20-14/h1-8,19H/b6-5+. The van der Waals surface area contributed by atoms with E-state index in [4.69, 9.17) is 0 Å². The normalized spacial score (nSPS) is 11.5. The fraction of sp³-hybridized carbons (Fsp3) is 0. The van der Waals surface area contributed by atoms with Crippen molar-refractivity contribution in [1.29, 1.82) is 0 Å². The van der Waals surface area contributed by atoms with E-state index in [1.807, 2.05) is 42.5 Å². The molecule has 3 aromatic rings. The number of benzene rings is 2. The Bertz CT molecular complexity index is 754. The lowest BCUT2D eigenvalue weighted by Gasteiger charge is -2.01. The summed E-state index contributed by atoms with van der Waals surface area (Å²) in [6.07, 6.45) is 3.96. The second-order valence-electron chi connectivity index (χ2n) is 4.19. The molecule has 3 rings (SSSR count). The van der Waals surface area contributed by atoms with Crippen LogP contribution in [0.15, 0.2) is 45.3 Å². The Balaban J connectivity index is 1.93. The zero-order valence-corrected chi connectivity index (χ0v) is 14.2. The molecule has 1 heterocycles. The van der Waals surface area contributed by atoms with E-state index in [9.17, 15) is 5.11 Å². The Morgan fingerprint density at radius 3 is 2.45 bits per heavy atom. The van der Waals surface area contributed by atoms with E-state index in [2.05, 4.69) is 42.9 Å². The number of halogens is 2. The molecule has 0 fully saturated rings. The van der Waals surface area contributed by atoms with Crippen LogP contribution in [0, 0.1) is 0 Å². The first kappa shape index (κ1) is 13.8. The molecular formula is C15H9Br2NOS. The molecule has 0 aliphatic heterocycles. The van der Waals surface area contributed by atoms with E-state index in [1.165, 1.54) is 4.70 Å². The summed E-state index contributed by atoms with van der Waals surface area (Å²) in [5.74, 6) is 0.210. The van der Waals surface area contributed by atoms with Gasteiger partial charge >= 0.3 is 0 Å². The molecule has 0 unspecified atom stereocenters. The van der Waals surface area contributed by atoms with Crippen LogP contribution in [0.5, 0.6) is 5.75 Å². The lowest BCUT2D eigenvalue weighted by atomic mass is 10.2. The smallest absolute Gasteiger partial charge is 0.143 e. The average molecular weight is 411 g/mol. The van der Waals surface area contributed by atoms with Gasteiger partial charge in [-0.05, 0) is 67.8 Å². The molecule has 0 saturated heterocycles. The van der Waals surface area contributed by atoms with Crippen LogP contribution in [-0.2, 0) is 0 Å². The van der Waals surface area contributed by atoms with Gasteiger partial charge in [0.05, 0.1) is 19.2 Å². The molecule has 0 amide bonds. The second-order valence-corrected chi connectivity index (χ2v) is 6.96. The van der Waals surface area contributed by atoms with Crippen LogP contribution in [0.1, 0.15) is 10.6 Å². The lowest BCUT2D eigenvalue weighted by Crippen LogP contribution is -1.77. The van der Waals surface area contributed by atoms with Crippen molar-refractivity contribution in [3.8, 4) is 5.75 Å². The van der Waals surface area contributed by atoms with E-state index in [-0.39, 0.29) is 5.75 Å².